The molecule has 0 aliphatic rings. The highest BCUT2D eigenvalue weighted by Gasteiger charge is 2.22. The normalized spacial score (nSPS) is 12.3. The van der Waals surface area contributed by atoms with Crippen molar-refractivity contribution >= 4 is 11.9 Å². The molecule has 1 N–H and O–H groups in total. The highest BCUT2D eigenvalue weighted by atomic mass is 16.5. The van der Waals surface area contributed by atoms with Crippen LogP contribution in [0, 0.1) is 5.92 Å². The van der Waals surface area contributed by atoms with Crippen LogP contribution in [0.4, 0.5) is 0 Å². The lowest BCUT2D eigenvalue weighted by Gasteiger charge is -2.17. The average Bonchev–Trinajstić information content (AvgIpc) is 2.81. The predicted molar refractivity (Wildman–Crippen MR) is 74.5 cm³/mol. The number of carbonyl (C=O) groups excluding carboxylic acids is 2. The highest BCUT2D eigenvalue weighted by Crippen LogP contribution is 2.09. The van der Waals surface area contributed by atoms with Gasteiger partial charge in [0.05, 0.1) is 19.4 Å². The Kier molecular flexibility index (Phi) is 6.29. The molecule has 0 bridgehead atoms. The number of ether oxygens (including phenoxy) is 2. The van der Waals surface area contributed by atoms with Gasteiger partial charge in [-0.15, -0.1) is 5.10 Å². The first-order chi connectivity index (χ1) is 9.90. The summed E-state index contributed by atoms with van der Waals surface area (Å²) in [6.45, 7) is 6.06. The van der Waals surface area contributed by atoms with Crippen molar-refractivity contribution in [1.82, 2.24) is 20.3 Å². The summed E-state index contributed by atoms with van der Waals surface area (Å²) < 4.78 is 11.0. The van der Waals surface area contributed by atoms with Crippen molar-refractivity contribution in [3.05, 3.63) is 11.4 Å². The van der Waals surface area contributed by atoms with Crippen LogP contribution in [0.2, 0.25) is 0 Å². The monoisotopic (exact) mass is 298 g/mol. The van der Waals surface area contributed by atoms with Gasteiger partial charge in [0.1, 0.15) is 6.54 Å². The van der Waals surface area contributed by atoms with Crippen LogP contribution in [0.25, 0.3) is 0 Å². The number of hydrogen-bond donors (Lipinski definition) is 1. The van der Waals surface area contributed by atoms with Crippen molar-refractivity contribution in [2.75, 3.05) is 14.2 Å². The van der Waals surface area contributed by atoms with E-state index in [-0.39, 0.29) is 30.8 Å². The number of nitrogens with one attached hydrogen (secondary N) is 1. The van der Waals surface area contributed by atoms with Gasteiger partial charge in [-0.05, 0) is 12.8 Å². The molecule has 1 rings (SSSR count). The molecule has 0 aliphatic carbocycles. The lowest BCUT2D eigenvalue weighted by molar-refractivity contribution is -0.122. The third kappa shape index (κ3) is 4.52. The maximum Gasteiger partial charge on any atom is 0.360 e. The maximum absolute atomic E-state index is 12.0. The summed E-state index contributed by atoms with van der Waals surface area (Å²) in [6, 6.07) is 0.0481. The SMILES string of the molecule is COCc1c(C(=O)OC)nnn1CC(=O)NC(C)C(C)C. The Balaban J connectivity index is 2.85. The van der Waals surface area contributed by atoms with E-state index in [1.54, 1.807) is 0 Å². The van der Waals surface area contributed by atoms with Crippen molar-refractivity contribution in [2.24, 2.45) is 5.92 Å². The Hall–Kier alpha value is -1.96. The van der Waals surface area contributed by atoms with Crippen LogP contribution in [0.15, 0.2) is 0 Å². The summed E-state index contributed by atoms with van der Waals surface area (Å²) in [5, 5.41) is 10.4. The van der Waals surface area contributed by atoms with Crippen LogP contribution in [0.5, 0.6) is 0 Å². The Labute approximate surface area is 123 Å². The second-order valence-electron chi connectivity index (χ2n) is 5.07. The Morgan fingerprint density at radius 2 is 1.95 bits per heavy atom. The zero-order valence-electron chi connectivity index (χ0n) is 13.0. The molecule has 0 saturated carbocycles. The minimum Gasteiger partial charge on any atom is -0.464 e. The Bertz CT molecular complexity index is 498. The third-order valence-corrected chi connectivity index (χ3v) is 3.18. The first-order valence-corrected chi connectivity index (χ1v) is 6.69. The zero-order chi connectivity index (χ0) is 16.0. The van der Waals surface area contributed by atoms with Crippen molar-refractivity contribution in [1.29, 1.82) is 0 Å². The van der Waals surface area contributed by atoms with Gasteiger partial charge in [0, 0.05) is 13.2 Å². The molecule has 1 aromatic rings. The van der Waals surface area contributed by atoms with E-state index in [0.29, 0.717) is 11.6 Å². The number of esters is 1. The summed E-state index contributed by atoms with van der Waals surface area (Å²) in [6.07, 6.45) is 0. The van der Waals surface area contributed by atoms with E-state index in [4.69, 9.17) is 4.74 Å². The maximum atomic E-state index is 12.0. The number of carbonyl (C=O) groups is 2. The Morgan fingerprint density at radius 3 is 2.48 bits per heavy atom. The number of aromatic nitrogens is 3. The molecule has 0 fully saturated rings. The molecule has 0 spiro atoms. The van der Waals surface area contributed by atoms with Gasteiger partial charge in [0.15, 0.2) is 5.69 Å². The molecule has 0 aliphatic heterocycles. The lowest BCUT2D eigenvalue weighted by Crippen LogP contribution is -2.38. The topological polar surface area (TPSA) is 95.3 Å². The molecular weight excluding hydrogens is 276 g/mol. The molecule has 8 nitrogen and oxygen atoms in total. The first-order valence-electron chi connectivity index (χ1n) is 6.69. The lowest BCUT2D eigenvalue weighted by atomic mass is 10.1. The van der Waals surface area contributed by atoms with Gasteiger partial charge in [-0.1, -0.05) is 19.1 Å². The van der Waals surface area contributed by atoms with Crippen LogP contribution < -0.4 is 5.32 Å². The molecule has 0 saturated heterocycles. The number of amides is 1. The van der Waals surface area contributed by atoms with Crippen molar-refractivity contribution < 1.29 is 19.1 Å². The van der Waals surface area contributed by atoms with Gasteiger partial charge in [0.2, 0.25) is 5.91 Å². The van der Waals surface area contributed by atoms with Crippen LogP contribution in [-0.2, 0) is 27.4 Å². The van der Waals surface area contributed by atoms with E-state index in [1.165, 1.54) is 18.9 Å². The number of nitrogens with zero attached hydrogens (tertiary/aromatic N) is 3. The molecule has 1 atom stereocenters. The van der Waals surface area contributed by atoms with Crippen molar-refractivity contribution in [3.63, 3.8) is 0 Å². The van der Waals surface area contributed by atoms with Crippen molar-refractivity contribution in [3.8, 4) is 0 Å². The number of methoxy groups -OCH3 is 2. The van der Waals surface area contributed by atoms with E-state index in [1.807, 2.05) is 20.8 Å². The van der Waals surface area contributed by atoms with Gasteiger partial charge in [-0.2, -0.15) is 0 Å². The third-order valence-electron chi connectivity index (χ3n) is 3.18. The van der Waals surface area contributed by atoms with Gasteiger partial charge in [-0.3, -0.25) is 4.79 Å². The van der Waals surface area contributed by atoms with E-state index >= 15 is 0 Å². The summed E-state index contributed by atoms with van der Waals surface area (Å²) in [5.74, 6) is -0.479. The molecule has 0 aromatic carbocycles. The second-order valence-corrected chi connectivity index (χ2v) is 5.07. The van der Waals surface area contributed by atoms with E-state index in [2.05, 4.69) is 20.4 Å². The fourth-order valence-electron chi connectivity index (χ4n) is 1.60. The standard InChI is InChI=1S/C13H22N4O4/c1-8(2)9(3)14-11(18)6-17-10(7-20-4)12(15-16-17)13(19)21-5/h8-9H,6-7H2,1-5H3,(H,14,18). The minimum atomic E-state index is -0.607. The first kappa shape index (κ1) is 17.1. The zero-order valence-corrected chi connectivity index (χ0v) is 13.0. The smallest absolute Gasteiger partial charge is 0.360 e. The van der Waals surface area contributed by atoms with E-state index in [9.17, 15) is 9.59 Å². The quantitative estimate of drug-likeness (QED) is 0.731. The molecule has 1 aromatic heterocycles. The van der Waals surface area contributed by atoms with Crippen LogP contribution >= 0.6 is 0 Å². The molecule has 1 heterocycles. The van der Waals surface area contributed by atoms with E-state index in [0.717, 1.165) is 0 Å². The average molecular weight is 298 g/mol. The predicted octanol–water partition coefficient (Wildman–Crippen LogP) is 0.372. The van der Waals surface area contributed by atoms with Crippen LogP contribution in [-0.4, -0.2) is 47.1 Å². The van der Waals surface area contributed by atoms with Crippen LogP contribution in [0.3, 0.4) is 0 Å². The van der Waals surface area contributed by atoms with Gasteiger partial charge in [-0.25, -0.2) is 9.48 Å². The minimum absolute atomic E-state index is 0.0280. The Morgan fingerprint density at radius 1 is 1.29 bits per heavy atom. The van der Waals surface area contributed by atoms with Crippen LogP contribution in [0.1, 0.15) is 37.0 Å². The molecule has 21 heavy (non-hydrogen) atoms. The summed E-state index contributed by atoms with van der Waals surface area (Å²) >= 11 is 0. The largest absolute Gasteiger partial charge is 0.464 e. The summed E-state index contributed by atoms with van der Waals surface area (Å²) in [7, 11) is 2.74. The number of hydrogen-bond acceptors (Lipinski definition) is 6. The molecular formula is C13H22N4O4. The summed E-state index contributed by atoms with van der Waals surface area (Å²) in [5.41, 5.74) is 0.473. The van der Waals surface area contributed by atoms with Gasteiger partial charge >= 0.3 is 5.97 Å². The fourth-order valence-corrected chi connectivity index (χ4v) is 1.60. The number of rotatable bonds is 7. The molecule has 1 unspecified atom stereocenters. The molecule has 1 amide bonds. The van der Waals surface area contributed by atoms with Gasteiger partial charge in [0.25, 0.3) is 0 Å². The molecule has 118 valence electrons. The molecule has 8 heteroatoms. The fraction of sp³-hybridized carbons (Fsp3) is 0.692. The summed E-state index contributed by atoms with van der Waals surface area (Å²) in [4.78, 5) is 23.6. The molecule has 0 radical (unpaired) electrons. The second kappa shape index (κ2) is 7.72. The van der Waals surface area contributed by atoms with Crippen molar-refractivity contribution in [2.45, 2.75) is 40.0 Å². The van der Waals surface area contributed by atoms with Gasteiger partial charge < -0.3 is 14.8 Å². The highest BCUT2D eigenvalue weighted by molar-refractivity contribution is 5.88. The van der Waals surface area contributed by atoms with E-state index < -0.39 is 5.97 Å².